The van der Waals surface area contributed by atoms with Crippen LogP contribution in [-0.2, 0) is 5.54 Å². The Morgan fingerprint density at radius 1 is 1.50 bits per heavy atom. The van der Waals surface area contributed by atoms with Gasteiger partial charge in [-0.05, 0) is 43.9 Å². The number of rotatable bonds is 2. The van der Waals surface area contributed by atoms with E-state index in [1.807, 2.05) is 6.07 Å². The van der Waals surface area contributed by atoms with Crippen LogP contribution in [0.3, 0.4) is 0 Å². The summed E-state index contributed by atoms with van der Waals surface area (Å²) in [4.78, 5) is 16.1. The van der Waals surface area contributed by atoms with Crippen molar-refractivity contribution in [2.75, 3.05) is 6.54 Å². The molecule has 4 rings (SSSR count). The standard InChI is InChI=1S/C15H17N3O2/c16-13(19)10-4-1-5-11-12(10)18-14(20-11)15-6-2-3-9(7-15)8-17-15/h1,4-5,9,17H,2-3,6-8H2,(H2,16,19)/t9-,15+/m1/s1. The number of aromatic nitrogens is 1. The lowest BCUT2D eigenvalue weighted by Gasteiger charge is -2.29. The zero-order valence-corrected chi connectivity index (χ0v) is 11.2. The molecule has 2 heterocycles. The summed E-state index contributed by atoms with van der Waals surface area (Å²) in [6.07, 6.45) is 4.59. The molecule has 5 heteroatoms. The van der Waals surface area contributed by atoms with Gasteiger partial charge in [0.1, 0.15) is 5.52 Å². The van der Waals surface area contributed by atoms with Crippen molar-refractivity contribution in [3.8, 4) is 0 Å². The molecule has 2 atom stereocenters. The van der Waals surface area contributed by atoms with Crippen LogP contribution in [0, 0.1) is 5.92 Å². The van der Waals surface area contributed by atoms with Crippen molar-refractivity contribution in [2.45, 2.75) is 31.2 Å². The van der Waals surface area contributed by atoms with Gasteiger partial charge in [-0.3, -0.25) is 4.79 Å². The van der Waals surface area contributed by atoms with Gasteiger partial charge >= 0.3 is 0 Å². The molecule has 1 aliphatic carbocycles. The molecule has 1 aliphatic heterocycles. The van der Waals surface area contributed by atoms with E-state index in [-0.39, 0.29) is 5.54 Å². The highest BCUT2D eigenvalue weighted by Gasteiger charge is 2.46. The molecule has 5 nitrogen and oxygen atoms in total. The normalized spacial score (nSPS) is 28.9. The Hall–Kier alpha value is -1.88. The first kappa shape index (κ1) is 11.9. The molecule has 0 spiro atoms. The Bertz CT molecular complexity index is 689. The van der Waals surface area contributed by atoms with Crippen LogP contribution < -0.4 is 11.1 Å². The molecule has 2 fully saturated rings. The number of nitrogens with two attached hydrogens (primary N) is 1. The highest BCUT2D eigenvalue weighted by Crippen LogP contribution is 2.44. The van der Waals surface area contributed by atoms with Gasteiger partial charge in [-0.1, -0.05) is 12.5 Å². The Morgan fingerprint density at radius 3 is 3.25 bits per heavy atom. The van der Waals surface area contributed by atoms with E-state index in [0.717, 1.165) is 25.3 Å². The van der Waals surface area contributed by atoms with Gasteiger partial charge in [0.15, 0.2) is 5.58 Å². The minimum absolute atomic E-state index is 0.142. The van der Waals surface area contributed by atoms with E-state index in [9.17, 15) is 4.79 Å². The van der Waals surface area contributed by atoms with Crippen LogP contribution in [0.15, 0.2) is 22.6 Å². The third kappa shape index (κ3) is 1.59. The largest absolute Gasteiger partial charge is 0.439 e. The maximum atomic E-state index is 11.5. The van der Waals surface area contributed by atoms with Crippen LogP contribution in [0.1, 0.15) is 41.9 Å². The smallest absolute Gasteiger partial charge is 0.251 e. The van der Waals surface area contributed by atoms with E-state index in [0.29, 0.717) is 22.6 Å². The molecule has 1 amide bonds. The van der Waals surface area contributed by atoms with Crippen molar-refractivity contribution in [3.05, 3.63) is 29.7 Å². The predicted octanol–water partition coefficient (Wildman–Crippen LogP) is 1.92. The van der Waals surface area contributed by atoms with Gasteiger partial charge in [-0.15, -0.1) is 0 Å². The van der Waals surface area contributed by atoms with E-state index >= 15 is 0 Å². The molecule has 104 valence electrons. The second-order valence-electron chi connectivity index (χ2n) is 5.96. The van der Waals surface area contributed by atoms with E-state index in [1.165, 1.54) is 12.8 Å². The number of hydrogen-bond acceptors (Lipinski definition) is 4. The summed E-state index contributed by atoms with van der Waals surface area (Å²) in [5.41, 5.74) is 6.92. The number of benzene rings is 1. The van der Waals surface area contributed by atoms with E-state index < -0.39 is 5.91 Å². The lowest BCUT2D eigenvalue weighted by Crippen LogP contribution is -2.37. The maximum absolute atomic E-state index is 11.5. The second kappa shape index (κ2) is 4.06. The summed E-state index contributed by atoms with van der Waals surface area (Å²) in [7, 11) is 0. The monoisotopic (exact) mass is 271 g/mol. The fourth-order valence-corrected chi connectivity index (χ4v) is 3.69. The zero-order chi connectivity index (χ0) is 13.7. The first-order chi connectivity index (χ1) is 9.68. The number of primary amides is 1. The highest BCUT2D eigenvalue weighted by atomic mass is 16.4. The van der Waals surface area contributed by atoms with Crippen molar-refractivity contribution < 1.29 is 9.21 Å². The Kier molecular flexibility index (Phi) is 2.41. The van der Waals surface area contributed by atoms with Gasteiger partial charge in [0.25, 0.3) is 5.91 Å². The number of carbonyl (C=O) groups excluding carboxylic acids is 1. The topological polar surface area (TPSA) is 81.2 Å². The van der Waals surface area contributed by atoms with Gasteiger partial charge in [0, 0.05) is 0 Å². The van der Waals surface area contributed by atoms with Crippen molar-refractivity contribution in [3.63, 3.8) is 0 Å². The molecular weight excluding hydrogens is 254 g/mol. The Morgan fingerprint density at radius 2 is 2.40 bits per heavy atom. The van der Waals surface area contributed by atoms with E-state index in [4.69, 9.17) is 10.2 Å². The molecule has 2 aliphatic rings. The van der Waals surface area contributed by atoms with Gasteiger partial charge in [0.2, 0.25) is 5.89 Å². The lowest BCUT2D eigenvalue weighted by atomic mass is 9.80. The third-order valence-electron chi connectivity index (χ3n) is 4.68. The number of carbonyl (C=O) groups is 1. The highest BCUT2D eigenvalue weighted by molar-refractivity contribution is 6.03. The quantitative estimate of drug-likeness (QED) is 0.874. The molecule has 1 aromatic heterocycles. The molecule has 0 unspecified atom stereocenters. The second-order valence-corrected chi connectivity index (χ2v) is 5.96. The summed E-state index contributed by atoms with van der Waals surface area (Å²) >= 11 is 0. The molecule has 3 N–H and O–H groups in total. The van der Waals surface area contributed by atoms with Crippen LogP contribution >= 0.6 is 0 Å². The summed E-state index contributed by atoms with van der Waals surface area (Å²) in [5, 5.41) is 3.59. The molecule has 20 heavy (non-hydrogen) atoms. The van der Waals surface area contributed by atoms with Gasteiger partial charge in [0.05, 0.1) is 11.1 Å². The van der Waals surface area contributed by atoms with Crippen LogP contribution in [0.5, 0.6) is 0 Å². The molecular formula is C15H17N3O2. The van der Waals surface area contributed by atoms with Crippen molar-refractivity contribution in [1.29, 1.82) is 0 Å². The molecule has 0 radical (unpaired) electrons. The minimum Gasteiger partial charge on any atom is -0.439 e. The molecule has 1 saturated carbocycles. The molecule has 2 bridgehead atoms. The zero-order valence-electron chi connectivity index (χ0n) is 11.2. The fourth-order valence-electron chi connectivity index (χ4n) is 3.69. The van der Waals surface area contributed by atoms with Crippen molar-refractivity contribution in [2.24, 2.45) is 11.7 Å². The van der Waals surface area contributed by atoms with E-state index in [1.54, 1.807) is 12.1 Å². The first-order valence-corrected chi connectivity index (χ1v) is 7.13. The average molecular weight is 271 g/mol. The number of amides is 1. The van der Waals surface area contributed by atoms with Crippen LogP contribution in [-0.4, -0.2) is 17.4 Å². The van der Waals surface area contributed by atoms with Gasteiger partial charge in [-0.25, -0.2) is 4.98 Å². The van der Waals surface area contributed by atoms with Crippen LogP contribution in [0.25, 0.3) is 11.1 Å². The maximum Gasteiger partial charge on any atom is 0.251 e. The number of oxazole rings is 1. The summed E-state index contributed by atoms with van der Waals surface area (Å²) in [6, 6.07) is 5.31. The Balaban J connectivity index is 1.85. The predicted molar refractivity (Wildman–Crippen MR) is 74.2 cm³/mol. The lowest BCUT2D eigenvalue weighted by molar-refractivity contribution is 0.100. The summed E-state index contributed by atoms with van der Waals surface area (Å²) < 4.78 is 5.94. The number of nitrogens with zero attached hydrogens (tertiary/aromatic N) is 1. The number of hydrogen-bond donors (Lipinski definition) is 2. The van der Waals surface area contributed by atoms with Crippen LogP contribution in [0.4, 0.5) is 0 Å². The van der Waals surface area contributed by atoms with E-state index in [2.05, 4.69) is 10.3 Å². The van der Waals surface area contributed by atoms with Crippen molar-refractivity contribution >= 4 is 17.0 Å². The fraction of sp³-hybridized carbons (Fsp3) is 0.467. The summed E-state index contributed by atoms with van der Waals surface area (Å²) in [5.74, 6) is 0.964. The number of nitrogens with one attached hydrogen (secondary N) is 1. The summed E-state index contributed by atoms with van der Waals surface area (Å²) in [6.45, 7) is 1.03. The minimum atomic E-state index is -0.464. The number of fused-ring (bicyclic) bond motifs is 3. The van der Waals surface area contributed by atoms with Crippen LogP contribution in [0.2, 0.25) is 0 Å². The van der Waals surface area contributed by atoms with Crippen molar-refractivity contribution in [1.82, 2.24) is 10.3 Å². The third-order valence-corrected chi connectivity index (χ3v) is 4.68. The molecule has 1 saturated heterocycles. The molecule has 2 aromatic rings. The first-order valence-electron chi connectivity index (χ1n) is 7.13. The average Bonchev–Trinajstić information content (AvgIpc) is 3.00. The van der Waals surface area contributed by atoms with Gasteiger partial charge < -0.3 is 15.5 Å². The Labute approximate surface area is 116 Å². The number of para-hydroxylation sites is 1. The molecule has 1 aromatic carbocycles. The van der Waals surface area contributed by atoms with Gasteiger partial charge in [-0.2, -0.15) is 0 Å². The SMILES string of the molecule is NC(=O)c1cccc2oc([C@@]34CCC[C@@H](CN3)C4)nc12.